The van der Waals surface area contributed by atoms with Crippen molar-refractivity contribution in [1.82, 2.24) is 0 Å². The van der Waals surface area contributed by atoms with Crippen LogP contribution in [0.5, 0.6) is 23.0 Å². The van der Waals surface area contributed by atoms with Crippen LogP contribution < -0.4 is 149 Å². The summed E-state index contributed by atoms with van der Waals surface area (Å²) in [6.07, 6.45) is 0. The zero-order valence-corrected chi connectivity index (χ0v) is 52.6. The third-order valence-electron chi connectivity index (χ3n) is 9.84. The molecule has 0 aliphatic rings. The SMILES string of the molecule is COc1cc(N=Nc2c(S(=O)(=O)[O-])cc3cc(SOO[O-])cc(NC(=O)c4cccc(Cl)c4Cl)c3c2O)c(OC)cc1N=Nc1c(SOO[O-])cc2cc(S(=O)(=O)[O-])cc(NC(=O)c3ccccc3)c2c1O.[Na+].[Na+].[Na+].[Na+]. The first-order chi connectivity index (χ1) is 34.3. The molecule has 0 bridgehead atoms. The normalized spacial score (nSPS) is 11.4. The summed E-state index contributed by atoms with van der Waals surface area (Å²) in [6, 6.07) is 20.2. The van der Waals surface area contributed by atoms with Crippen molar-refractivity contribution in [3.63, 3.8) is 0 Å². The van der Waals surface area contributed by atoms with Gasteiger partial charge in [0.2, 0.25) is 0 Å². The molecule has 0 radical (unpaired) electrons. The predicted molar refractivity (Wildman–Crippen MR) is 250 cm³/mol. The zero-order chi connectivity index (χ0) is 52.1. The second-order valence-electron chi connectivity index (χ2n) is 14.1. The Bertz CT molecular complexity index is 3620. The van der Waals surface area contributed by atoms with Crippen LogP contribution in [0.3, 0.4) is 0 Å². The number of fused-ring (bicyclic) bond motifs is 2. The van der Waals surface area contributed by atoms with E-state index in [1.807, 2.05) is 0 Å². The van der Waals surface area contributed by atoms with Crippen molar-refractivity contribution in [2.75, 3.05) is 24.9 Å². The van der Waals surface area contributed by atoms with E-state index >= 15 is 0 Å². The van der Waals surface area contributed by atoms with Gasteiger partial charge in [0.15, 0.2) is 11.5 Å². The molecule has 0 fully saturated rings. The minimum absolute atomic E-state index is 0. The summed E-state index contributed by atoms with van der Waals surface area (Å²) in [5.41, 5.74) is -2.42. The van der Waals surface area contributed by atoms with E-state index < -0.39 is 64.7 Å². The minimum atomic E-state index is -5.49. The van der Waals surface area contributed by atoms with Gasteiger partial charge in [0, 0.05) is 33.4 Å². The van der Waals surface area contributed by atoms with Crippen LogP contribution in [0.25, 0.3) is 21.5 Å². The monoisotopic (exact) mass is 1190 g/mol. The fourth-order valence-corrected chi connectivity index (χ4v) is 9.25. The number of carbonyl (C=O) groups is 2. The van der Waals surface area contributed by atoms with E-state index in [-0.39, 0.29) is 217 Å². The smallest absolute Gasteiger partial charge is 0.744 e. The number of anilines is 2. The van der Waals surface area contributed by atoms with E-state index in [0.29, 0.717) is 12.0 Å². The third-order valence-corrected chi connectivity index (χ3v) is 13.5. The van der Waals surface area contributed by atoms with Gasteiger partial charge in [-0.25, -0.2) is 16.8 Å². The summed E-state index contributed by atoms with van der Waals surface area (Å²) in [7, 11) is -8.30. The molecule has 0 aromatic heterocycles. The summed E-state index contributed by atoms with van der Waals surface area (Å²) in [5, 5.41) is 72.1. The van der Waals surface area contributed by atoms with Gasteiger partial charge in [-0.15, -0.1) is 20.5 Å². The number of methoxy groups -OCH3 is 2. The Morgan fingerprint density at radius 3 is 1.72 bits per heavy atom. The Labute approximate surface area is 537 Å². The number of amides is 2. The number of hydrogen-bond acceptors (Lipinski definition) is 24. The average Bonchev–Trinajstić information content (AvgIpc) is 3.34. The number of carbonyl (C=O) groups excluding carboxylic acids is 2. The van der Waals surface area contributed by atoms with Crippen LogP contribution in [0.1, 0.15) is 20.7 Å². The number of rotatable bonds is 18. The summed E-state index contributed by atoms with van der Waals surface area (Å²) < 4.78 is 94.5. The zero-order valence-electron chi connectivity index (χ0n) is 39.8. The van der Waals surface area contributed by atoms with E-state index in [9.17, 15) is 56.3 Å². The van der Waals surface area contributed by atoms with Crippen molar-refractivity contribution in [2.45, 2.75) is 19.6 Å². The number of nitrogens with zero attached hydrogens (tertiary/aromatic N) is 4. The Hall–Kier alpha value is -2.74. The predicted octanol–water partition coefficient (Wildman–Crippen LogP) is -3.65. The van der Waals surface area contributed by atoms with Crippen molar-refractivity contribution < 1.29 is 203 Å². The van der Waals surface area contributed by atoms with Gasteiger partial charge in [-0.1, -0.05) is 47.5 Å². The Morgan fingerprint density at radius 1 is 0.618 bits per heavy atom. The van der Waals surface area contributed by atoms with Crippen molar-refractivity contribution in [3.05, 3.63) is 118 Å². The van der Waals surface area contributed by atoms with E-state index in [0.717, 1.165) is 30.3 Å². The van der Waals surface area contributed by atoms with Crippen LogP contribution in [0.4, 0.5) is 34.1 Å². The van der Waals surface area contributed by atoms with Gasteiger partial charge in [-0.05, 0) is 71.4 Å². The minimum Gasteiger partial charge on any atom is -0.744 e. The second kappa shape index (κ2) is 29.6. The molecule has 24 nitrogen and oxygen atoms in total. The molecule has 7 aromatic carbocycles. The number of ether oxygens (including phenoxy) is 2. The number of nitrogens with one attached hydrogen (secondary N) is 2. The van der Waals surface area contributed by atoms with Crippen LogP contribution in [0.2, 0.25) is 10.0 Å². The molecule has 0 saturated heterocycles. The number of benzene rings is 7. The van der Waals surface area contributed by atoms with Crippen molar-refractivity contribution >= 4 is 135 Å². The maximum absolute atomic E-state index is 13.5. The molecular formula is C42H26Cl2N6Na4O18S4. The second-order valence-corrected chi connectivity index (χ2v) is 19.1. The molecule has 0 saturated carbocycles. The molecule has 7 rings (SSSR count). The molecule has 34 heteroatoms. The topological polar surface area (TPSA) is 364 Å². The van der Waals surface area contributed by atoms with E-state index in [4.69, 9.17) is 32.7 Å². The molecule has 7 aromatic rings. The quantitative estimate of drug-likeness (QED) is 0.0161. The maximum Gasteiger partial charge on any atom is 1.00 e. The largest absolute Gasteiger partial charge is 1.00 e. The Morgan fingerprint density at radius 2 is 1.16 bits per heavy atom. The molecular weight excluding hydrogens is 1170 g/mol. The molecule has 4 N–H and O–H groups in total. The van der Waals surface area contributed by atoms with Gasteiger partial charge >= 0.3 is 118 Å². The van der Waals surface area contributed by atoms with Gasteiger partial charge in [0.1, 0.15) is 54.5 Å². The molecule has 0 aliphatic carbocycles. The van der Waals surface area contributed by atoms with Gasteiger partial charge in [-0.2, -0.15) is 8.67 Å². The molecule has 374 valence electrons. The third kappa shape index (κ3) is 15.8. The molecule has 0 unspecified atom stereocenters. The van der Waals surface area contributed by atoms with Crippen LogP contribution in [0, 0.1) is 0 Å². The summed E-state index contributed by atoms with van der Waals surface area (Å²) in [4.78, 5) is 24.6. The number of halogens is 2. The number of phenolic OH excluding ortho intramolecular Hbond substituents is 2. The first kappa shape index (κ1) is 67.5. The first-order valence-corrected chi connectivity index (χ1v) is 24.4. The molecule has 2 amide bonds. The molecule has 76 heavy (non-hydrogen) atoms. The van der Waals surface area contributed by atoms with Crippen LogP contribution in [0.15, 0.2) is 137 Å². The maximum atomic E-state index is 13.5. The summed E-state index contributed by atoms with van der Waals surface area (Å²) >= 11 is 12.9. The number of hydrogen-bond donors (Lipinski definition) is 4. The summed E-state index contributed by atoms with van der Waals surface area (Å²) in [5.74, 6) is -3.76. The van der Waals surface area contributed by atoms with E-state index in [1.165, 1.54) is 62.8 Å². The van der Waals surface area contributed by atoms with Crippen LogP contribution in [-0.2, 0) is 39.0 Å². The number of aromatic hydroxyl groups is 2. The number of azo groups is 2. The van der Waals surface area contributed by atoms with Crippen LogP contribution >= 0.6 is 47.3 Å². The van der Waals surface area contributed by atoms with Crippen molar-refractivity contribution in [3.8, 4) is 23.0 Å². The fraction of sp³-hybridized carbons (Fsp3) is 0.0476. The average molecular weight is 1190 g/mol. The Kier molecular flexibility index (Phi) is 26.3. The van der Waals surface area contributed by atoms with E-state index in [1.54, 1.807) is 18.2 Å². The van der Waals surface area contributed by atoms with Gasteiger partial charge in [-0.3, -0.25) is 19.7 Å². The van der Waals surface area contributed by atoms with E-state index in [2.05, 4.69) is 49.8 Å². The number of phenols is 2. The van der Waals surface area contributed by atoms with Gasteiger partial charge < -0.3 is 49.9 Å². The Balaban J connectivity index is 0.00000380. The molecule has 0 heterocycles. The molecule has 0 atom stereocenters. The standard InChI is InChI=1S/C42H30Cl2N6O18S4.4Na/c1-63-30-18-27(48-50-38-33(72(60,61)62)14-20-11-22(69-67-65-55)15-28(34(20)40(38)52)46-42(54)24-9-6-10-25(43)36(24)44)31(64-2)17-26(30)47-49-37-32(70-68-66-56)13-21-12-23(71(57,58)59)16-29(35(21)39(37)51)45-41(53)19-7-4-3-5-8-19;;;;/h3-18,51-52,55-56H,1-2H3,(H,45,53)(H,46,54)(H,57,58,59)(H,60,61,62);;;;/q;4*+1/p-4. The molecule has 0 spiro atoms. The summed E-state index contributed by atoms with van der Waals surface area (Å²) in [6.45, 7) is 0. The van der Waals surface area contributed by atoms with Gasteiger partial charge in [0.05, 0.1) is 80.0 Å². The molecule has 0 aliphatic heterocycles. The van der Waals surface area contributed by atoms with Crippen molar-refractivity contribution in [2.24, 2.45) is 20.5 Å². The fourth-order valence-electron chi connectivity index (χ4n) is 6.74. The van der Waals surface area contributed by atoms with Crippen molar-refractivity contribution in [1.29, 1.82) is 0 Å². The first-order valence-electron chi connectivity index (χ1n) is 19.3. The van der Waals surface area contributed by atoms with Gasteiger partial charge in [0.25, 0.3) is 11.8 Å². The van der Waals surface area contributed by atoms with Crippen LogP contribution in [-0.4, -0.2) is 62.2 Å².